The average molecular weight is 390 g/mol. The van der Waals surface area contributed by atoms with Crippen molar-refractivity contribution >= 4 is 27.3 Å². The molecule has 1 fully saturated rings. The molecule has 0 atom stereocenters. The second kappa shape index (κ2) is 7.87. The number of nitrogens with zero attached hydrogens (tertiary/aromatic N) is 1. The van der Waals surface area contributed by atoms with E-state index in [1.54, 1.807) is 49.6 Å². The molecule has 2 aromatic carbocycles. The number of nitrogens with one attached hydrogen (secondary N) is 1. The summed E-state index contributed by atoms with van der Waals surface area (Å²) >= 11 is 0. The number of sulfonamides is 1. The zero-order valence-corrected chi connectivity index (χ0v) is 16.1. The molecular weight excluding hydrogens is 368 g/mol. The Morgan fingerprint density at radius 2 is 1.89 bits per heavy atom. The number of amides is 1. The van der Waals surface area contributed by atoms with E-state index in [9.17, 15) is 13.2 Å². The van der Waals surface area contributed by atoms with Gasteiger partial charge < -0.3 is 14.8 Å². The van der Waals surface area contributed by atoms with Crippen LogP contribution in [-0.4, -0.2) is 40.3 Å². The summed E-state index contributed by atoms with van der Waals surface area (Å²) in [4.78, 5) is 12.5. The van der Waals surface area contributed by atoms with Gasteiger partial charge in [-0.1, -0.05) is 0 Å². The zero-order chi connectivity index (χ0) is 19.4. The smallest absolute Gasteiger partial charge is 0.255 e. The predicted octanol–water partition coefficient (Wildman–Crippen LogP) is 2.89. The van der Waals surface area contributed by atoms with Gasteiger partial charge in [0.25, 0.3) is 5.91 Å². The molecule has 0 bridgehead atoms. The Morgan fingerprint density at radius 3 is 2.48 bits per heavy atom. The van der Waals surface area contributed by atoms with Gasteiger partial charge in [-0.25, -0.2) is 8.42 Å². The minimum absolute atomic E-state index is 0.172. The third-order valence-electron chi connectivity index (χ3n) is 4.24. The molecule has 0 unspecified atom stereocenters. The van der Waals surface area contributed by atoms with E-state index in [4.69, 9.17) is 9.47 Å². The van der Waals surface area contributed by atoms with Crippen LogP contribution in [0.2, 0.25) is 0 Å². The Bertz CT molecular complexity index is 926. The van der Waals surface area contributed by atoms with Gasteiger partial charge in [-0.05, 0) is 55.8 Å². The first-order valence-corrected chi connectivity index (χ1v) is 10.3. The fourth-order valence-electron chi connectivity index (χ4n) is 2.93. The van der Waals surface area contributed by atoms with E-state index in [0.717, 1.165) is 0 Å². The Labute approximate surface area is 158 Å². The molecule has 0 spiro atoms. The van der Waals surface area contributed by atoms with E-state index in [2.05, 4.69) is 5.32 Å². The monoisotopic (exact) mass is 390 g/mol. The van der Waals surface area contributed by atoms with Gasteiger partial charge in [-0.3, -0.25) is 9.10 Å². The van der Waals surface area contributed by atoms with Crippen LogP contribution >= 0.6 is 0 Å². The second-order valence-corrected chi connectivity index (χ2v) is 8.05. The van der Waals surface area contributed by atoms with Crippen molar-refractivity contribution in [3.05, 3.63) is 48.0 Å². The van der Waals surface area contributed by atoms with Crippen LogP contribution in [-0.2, 0) is 10.0 Å². The van der Waals surface area contributed by atoms with Crippen molar-refractivity contribution in [2.45, 2.75) is 13.3 Å². The number of carbonyl (C=O) groups excluding carboxylic acids is 1. The molecule has 1 aliphatic rings. The molecule has 1 amide bonds. The molecule has 1 saturated heterocycles. The summed E-state index contributed by atoms with van der Waals surface area (Å²) in [6, 6.07) is 11.7. The highest BCUT2D eigenvalue weighted by Crippen LogP contribution is 2.29. The molecule has 8 heteroatoms. The number of rotatable bonds is 6. The molecule has 144 valence electrons. The van der Waals surface area contributed by atoms with Crippen LogP contribution in [0.25, 0.3) is 0 Å². The molecule has 2 aromatic rings. The Balaban J connectivity index is 1.74. The molecule has 3 rings (SSSR count). The maximum absolute atomic E-state index is 12.5. The lowest BCUT2D eigenvalue weighted by molar-refractivity contribution is 0.102. The number of ether oxygens (including phenoxy) is 2. The van der Waals surface area contributed by atoms with Crippen LogP contribution in [0.3, 0.4) is 0 Å². The number of hydrogen-bond acceptors (Lipinski definition) is 5. The summed E-state index contributed by atoms with van der Waals surface area (Å²) in [6.07, 6.45) is 0.625. The maximum atomic E-state index is 12.5. The third-order valence-corrected chi connectivity index (χ3v) is 6.11. The lowest BCUT2D eigenvalue weighted by Crippen LogP contribution is -2.24. The fourth-order valence-corrected chi connectivity index (χ4v) is 4.49. The first kappa shape index (κ1) is 19.0. The number of hydrogen-bond donors (Lipinski definition) is 1. The van der Waals surface area contributed by atoms with E-state index >= 15 is 0 Å². The van der Waals surface area contributed by atoms with Crippen molar-refractivity contribution in [3.8, 4) is 11.5 Å². The summed E-state index contributed by atoms with van der Waals surface area (Å²) in [5, 5.41) is 2.80. The summed E-state index contributed by atoms with van der Waals surface area (Å²) in [5.41, 5.74) is 1.62. The predicted molar refractivity (Wildman–Crippen MR) is 104 cm³/mol. The van der Waals surface area contributed by atoms with Crippen molar-refractivity contribution < 1.29 is 22.7 Å². The first-order chi connectivity index (χ1) is 12.9. The fraction of sp³-hybridized carbons (Fsp3) is 0.316. The van der Waals surface area contributed by atoms with E-state index in [1.165, 1.54) is 4.31 Å². The largest absolute Gasteiger partial charge is 0.493 e. The standard InChI is InChI=1S/C19H22N2O5S/c1-3-26-18-13-14(5-10-17(18)25-2)19(22)20-15-6-8-16(9-7-15)21-11-4-12-27(21,23)24/h5-10,13H,3-4,11-12H2,1-2H3,(H,20,22). The van der Waals surface area contributed by atoms with Gasteiger partial charge in [-0.2, -0.15) is 0 Å². The van der Waals surface area contributed by atoms with Gasteiger partial charge in [0.2, 0.25) is 10.0 Å². The first-order valence-electron chi connectivity index (χ1n) is 8.67. The number of benzene rings is 2. The molecule has 1 heterocycles. The Morgan fingerprint density at radius 1 is 1.15 bits per heavy atom. The number of anilines is 2. The summed E-state index contributed by atoms with van der Waals surface area (Å²) in [7, 11) is -1.67. The maximum Gasteiger partial charge on any atom is 0.255 e. The number of methoxy groups -OCH3 is 1. The summed E-state index contributed by atoms with van der Waals surface area (Å²) in [6.45, 7) is 2.80. The minimum atomic E-state index is -3.22. The average Bonchev–Trinajstić information content (AvgIpc) is 3.01. The topological polar surface area (TPSA) is 84.9 Å². The lowest BCUT2D eigenvalue weighted by atomic mass is 10.1. The van der Waals surface area contributed by atoms with E-state index in [-0.39, 0.29) is 11.7 Å². The van der Waals surface area contributed by atoms with Crippen molar-refractivity contribution in [1.82, 2.24) is 0 Å². The molecule has 27 heavy (non-hydrogen) atoms. The third kappa shape index (κ3) is 4.16. The van der Waals surface area contributed by atoms with Gasteiger partial charge in [0.1, 0.15) is 0 Å². The molecule has 1 aliphatic heterocycles. The molecule has 7 nitrogen and oxygen atoms in total. The van der Waals surface area contributed by atoms with Crippen LogP contribution in [0.1, 0.15) is 23.7 Å². The van der Waals surface area contributed by atoms with Crippen LogP contribution < -0.4 is 19.1 Å². The lowest BCUT2D eigenvalue weighted by Gasteiger charge is -2.17. The Kier molecular flexibility index (Phi) is 5.55. The normalized spacial score (nSPS) is 15.4. The highest BCUT2D eigenvalue weighted by molar-refractivity contribution is 7.93. The highest BCUT2D eigenvalue weighted by atomic mass is 32.2. The van der Waals surface area contributed by atoms with Gasteiger partial charge in [0.05, 0.1) is 25.2 Å². The van der Waals surface area contributed by atoms with Gasteiger partial charge in [0.15, 0.2) is 11.5 Å². The molecule has 1 N–H and O–H groups in total. The molecule has 0 saturated carbocycles. The number of carbonyl (C=O) groups is 1. The quantitative estimate of drug-likeness (QED) is 0.820. The van der Waals surface area contributed by atoms with Crippen LogP contribution in [0.5, 0.6) is 11.5 Å². The molecule has 0 aliphatic carbocycles. The van der Waals surface area contributed by atoms with E-state index in [1.807, 2.05) is 6.92 Å². The van der Waals surface area contributed by atoms with Crippen molar-refractivity contribution in [1.29, 1.82) is 0 Å². The zero-order valence-electron chi connectivity index (χ0n) is 15.3. The van der Waals surface area contributed by atoms with Crippen LogP contribution in [0.4, 0.5) is 11.4 Å². The van der Waals surface area contributed by atoms with E-state index < -0.39 is 10.0 Å². The van der Waals surface area contributed by atoms with Gasteiger partial charge in [-0.15, -0.1) is 0 Å². The van der Waals surface area contributed by atoms with Gasteiger partial charge in [0, 0.05) is 17.8 Å². The van der Waals surface area contributed by atoms with Crippen molar-refractivity contribution in [2.24, 2.45) is 0 Å². The molecular formula is C19H22N2O5S. The molecule has 0 radical (unpaired) electrons. The van der Waals surface area contributed by atoms with Crippen molar-refractivity contribution in [3.63, 3.8) is 0 Å². The van der Waals surface area contributed by atoms with Crippen LogP contribution in [0, 0.1) is 0 Å². The van der Waals surface area contributed by atoms with Crippen molar-refractivity contribution in [2.75, 3.05) is 35.6 Å². The summed E-state index contributed by atoms with van der Waals surface area (Å²) in [5.74, 6) is 0.942. The minimum Gasteiger partial charge on any atom is -0.493 e. The highest BCUT2D eigenvalue weighted by Gasteiger charge is 2.28. The Hall–Kier alpha value is -2.74. The summed E-state index contributed by atoms with van der Waals surface area (Å²) < 4.78 is 36.1. The van der Waals surface area contributed by atoms with E-state index in [0.29, 0.717) is 48.0 Å². The molecule has 0 aromatic heterocycles. The SMILES string of the molecule is CCOc1cc(C(=O)Nc2ccc(N3CCCS3(=O)=O)cc2)ccc1OC. The second-order valence-electron chi connectivity index (χ2n) is 6.04. The van der Waals surface area contributed by atoms with Crippen LogP contribution in [0.15, 0.2) is 42.5 Å². The van der Waals surface area contributed by atoms with Gasteiger partial charge >= 0.3 is 0 Å².